The number of rotatable bonds is 10. The molecule has 0 aliphatic rings. The lowest BCUT2D eigenvalue weighted by Crippen LogP contribution is -2.65. The van der Waals surface area contributed by atoms with Crippen molar-refractivity contribution in [2.24, 2.45) is 0 Å². The highest BCUT2D eigenvalue weighted by atomic mass is 32.2. The number of hydrogen-bond acceptors (Lipinski definition) is 7. The van der Waals surface area contributed by atoms with Crippen LogP contribution in [-0.4, -0.2) is 71.1 Å². The Kier molecular flexibility index (Phi) is 7.93. The van der Waals surface area contributed by atoms with Gasteiger partial charge >= 0.3 is 30.1 Å². The highest BCUT2D eigenvalue weighted by molar-refractivity contribution is 7.91. The van der Waals surface area contributed by atoms with Crippen molar-refractivity contribution in [2.75, 3.05) is 6.61 Å². The summed E-state index contributed by atoms with van der Waals surface area (Å²) in [6.45, 7) is -3.52. The number of halogens is 10. The maximum Gasteiger partial charge on any atom is 0.384 e. The molecule has 0 fully saturated rings. The van der Waals surface area contributed by atoms with E-state index in [9.17, 15) is 78.3 Å². The van der Waals surface area contributed by atoms with Crippen LogP contribution in [0.1, 0.15) is 0 Å². The Morgan fingerprint density at radius 1 is 0.763 bits per heavy atom. The first-order valence-electron chi connectivity index (χ1n) is 8.93. The van der Waals surface area contributed by atoms with Crippen molar-refractivity contribution in [3.8, 4) is 0 Å². The number of alkyl halides is 10. The van der Waals surface area contributed by atoms with E-state index in [1.165, 1.54) is 0 Å². The van der Waals surface area contributed by atoms with E-state index < -0.39 is 92.5 Å². The normalized spacial score (nSPS) is 14.9. The van der Waals surface area contributed by atoms with E-state index in [-0.39, 0.29) is 6.07 Å². The van der Waals surface area contributed by atoms with Crippen molar-refractivity contribution in [3.63, 3.8) is 0 Å². The second-order valence-electron chi connectivity index (χ2n) is 7.20. The first-order valence-corrected chi connectivity index (χ1v) is 13.2. The van der Waals surface area contributed by atoms with Crippen LogP contribution in [0.25, 0.3) is 10.8 Å². The minimum absolute atomic E-state index is 0.266. The molecule has 2 N–H and O–H groups in total. The van der Waals surface area contributed by atoms with Crippen LogP contribution >= 0.6 is 0 Å². The first-order chi connectivity index (χ1) is 16.7. The number of fused-ring (bicyclic) bond motifs is 1. The standard InChI is InChI=1S/C16H10F10O9S3/c17-12(18)14(21,22)16(25,26)15(23,24)13(19,20)6-35-38(33,34)10-8-4-2-1-3-7(8)5-9(36(27,28)29)11(10)37(30,31)32/h1-5,12H,6H2,(H,27,28,29)(H,30,31,32). The van der Waals surface area contributed by atoms with Gasteiger partial charge < -0.3 is 0 Å². The molecule has 0 aliphatic carbocycles. The van der Waals surface area contributed by atoms with Crippen molar-refractivity contribution in [1.29, 1.82) is 0 Å². The molecule has 0 saturated carbocycles. The van der Waals surface area contributed by atoms with Crippen molar-refractivity contribution in [1.82, 2.24) is 0 Å². The summed E-state index contributed by atoms with van der Waals surface area (Å²) in [5, 5.41) is -1.62. The van der Waals surface area contributed by atoms with Crippen molar-refractivity contribution < 1.29 is 82.4 Å². The topological polar surface area (TPSA) is 152 Å². The van der Waals surface area contributed by atoms with Gasteiger partial charge in [0.25, 0.3) is 30.4 Å². The predicted molar refractivity (Wildman–Crippen MR) is 103 cm³/mol. The Hall–Kier alpha value is -2.27. The van der Waals surface area contributed by atoms with E-state index in [0.29, 0.717) is 6.07 Å². The molecule has 0 aliphatic heterocycles. The van der Waals surface area contributed by atoms with Crippen LogP contribution in [0, 0.1) is 0 Å². The maximum atomic E-state index is 14.0. The molecule has 0 unspecified atom stereocenters. The molecule has 0 amide bonds. The van der Waals surface area contributed by atoms with Crippen LogP contribution in [0.5, 0.6) is 0 Å². The predicted octanol–water partition coefficient (Wildman–Crippen LogP) is 3.84. The van der Waals surface area contributed by atoms with Gasteiger partial charge in [-0.25, -0.2) is 8.78 Å². The van der Waals surface area contributed by atoms with Gasteiger partial charge in [-0.2, -0.15) is 60.4 Å². The van der Waals surface area contributed by atoms with Gasteiger partial charge in [0, 0.05) is 5.39 Å². The SMILES string of the molecule is O=S(=O)(O)c1cc2ccccc2c(S(=O)(=O)OCC(F)(F)C(F)(F)C(F)(F)C(F)(F)C(F)F)c1S(=O)(=O)O. The third-order valence-electron chi connectivity index (χ3n) is 4.65. The molecule has 216 valence electrons. The van der Waals surface area contributed by atoms with Gasteiger partial charge in [-0.15, -0.1) is 0 Å². The summed E-state index contributed by atoms with van der Waals surface area (Å²) >= 11 is 0. The van der Waals surface area contributed by atoms with Crippen LogP contribution < -0.4 is 0 Å². The summed E-state index contributed by atoms with van der Waals surface area (Å²) in [6.07, 6.45) is -5.60. The molecule has 0 radical (unpaired) electrons. The largest absolute Gasteiger partial charge is 0.384 e. The summed E-state index contributed by atoms with van der Waals surface area (Å²) in [6, 6.07) is 3.66. The average molecular weight is 632 g/mol. The van der Waals surface area contributed by atoms with Gasteiger partial charge in [0.2, 0.25) is 0 Å². The molecule has 0 aromatic heterocycles. The van der Waals surface area contributed by atoms with Gasteiger partial charge in [0.15, 0.2) is 0 Å². The molecule has 2 rings (SSSR count). The molecule has 0 atom stereocenters. The summed E-state index contributed by atoms with van der Waals surface area (Å²) in [4.78, 5) is -6.25. The lowest BCUT2D eigenvalue weighted by atomic mass is 9.99. The summed E-state index contributed by atoms with van der Waals surface area (Å²) in [7, 11) is -18.3. The zero-order valence-electron chi connectivity index (χ0n) is 17.4. The summed E-state index contributed by atoms with van der Waals surface area (Å²) in [5.41, 5.74) is 0. The van der Waals surface area contributed by atoms with Gasteiger partial charge in [-0.1, -0.05) is 24.3 Å². The summed E-state index contributed by atoms with van der Waals surface area (Å²) in [5.74, 6) is -28.7. The molecule has 22 heteroatoms. The van der Waals surface area contributed by atoms with Crippen LogP contribution in [0.2, 0.25) is 0 Å². The molecule has 0 heterocycles. The van der Waals surface area contributed by atoms with Gasteiger partial charge in [-0.05, 0) is 11.5 Å². The van der Waals surface area contributed by atoms with E-state index in [1.807, 2.05) is 0 Å². The molecule has 2 aromatic carbocycles. The second-order valence-corrected chi connectivity index (χ2v) is 11.5. The van der Waals surface area contributed by atoms with Crippen molar-refractivity contribution in [2.45, 2.75) is 44.8 Å². The van der Waals surface area contributed by atoms with Gasteiger partial charge in [0.1, 0.15) is 21.3 Å². The number of benzene rings is 2. The van der Waals surface area contributed by atoms with Crippen LogP contribution in [0.4, 0.5) is 43.9 Å². The highest BCUT2D eigenvalue weighted by Gasteiger charge is 2.83. The maximum absolute atomic E-state index is 14.0. The highest BCUT2D eigenvalue weighted by Crippen LogP contribution is 2.54. The molecular weight excluding hydrogens is 622 g/mol. The van der Waals surface area contributed by atoms with E-state index in [2.05, 4.69) is 4.18 Å². The molecule has 2 aromatic rings. The van der Waals surface area contributed by atoms with E-state index in [1.54, 1.807) is 0 Å². The van der Waals surface area contributed by atoms with Crippen molar-refractivity contribution >= 4 is 41.1 Å². The minimum atomic E-state index is -7.51. The first kappa shape index (κ1) is 31.9. The fraction of sp³-hybridized carbons (Fsp3) is 0.375. The van der Waals surface area contributed by atoms with Crippen LogP contribution in [0.15, 0.2) is 45.0 Å². The summed E-state index contributed by atoms with van der Waals surface area (Å²) < 4.78 is 227. The molecule has 0 bridgehead atoms. The molecule has 0 spiro atoms. The van der Waals surface area contributed by atoms with E-state index >= 15 is 0 Å². The van der Waals surface area contributed by atoms with Crippen LogP contribution in [-0.2, 0) is 34.5 Å². The molecule has 38 heavy (non-hydrogen) atoms. The zero-order chi connectivity index (χ0) is 29.9. The Balaban J connectivity index is 2.77. The van der Waals surface area contributed by atoms with Crippen LogP contribution in [0.3, 0.4) is 0 Å². The molecule has 9 nitrogen and oxygen atoms in total. The molecule has 0 saturated heterocycles. The quantitative estimate of drug-likeness (QED) is 0.226. The number of hydrogen-bond donors (Lipinski definition) is 2. The zero-order valence-corrected chi connectivity index (χ0v) is 19.9. The van der Waals surface area contributed by atoms with Crippen molar-refractivity contribution in [3.05, 3.63) is 30.3 Å². The fourth-order valence-electron chi connectivity index (χ4n) is 2.83. The van der Waals surface area contributed by atoms with Gasteiger partial charge in [0.05, 0.1) is 0 Å². The lowest BCUT2D eigenvalue weighted by Gasteiger charge is -2.36. The van der Waals surface area contributed by atoms with Gasteiger partial charge in [-0.3, -0.25) is 13.3 Å². The lowest BCUT2D eigenvalue weighted by molar-refractivity contribution is -0.385. The second kappa shape index (κ2) is 9.43. The minimum Gasteiger partial charge on any atom is -0.282 e. The third kappa shape index (κ3) is 5.28. The fourth-order valence-corrected chi connectivity index (χ4v) is 6.63. The third-order valence-corrected chi connectivity index (χ3v) is 8.08. The molecular formula is C16H10F10O9S3. The van der Waals surface area contributed by atoms with E-state index in [0.717, 1.165) is 18.2 Å². The Morgan fingerprint density at radius 3 is 1.71 bits per heavy atom. The Bertz CT molecular complexity index is 1570. The average Bonchev–Trinajstić information content (AvgIpc) is 2.74. The monoisotopic (exact) mass is 632 g/mol. The Labute approximate surface area is 205 Å². The van der Waals surface area contributed by atoms with E-state index in [4.69, 9.17) is 0 Å². The Morgan fingerprint density at radius 2 is 1.26 bits per heavy atom. The smallest absolute Gasteiger partial charge is 0.282 e.